The van der Waals surface area contributed by atoms with E-state index in [-0.39, 0.29) is 6.10 Å². The SMILES string of the molecule is CCn1c(-c2ccc(OC[C@@H]3CO[C@@](Cn4ccnc4)(c4ccc(Cl)cc4Cl)O3)cc2)cnc1SC.O=[N+]([O-])O.O=[N+]([O-])O. The molecule has 1 fully saturated rings. The molecular weight excluding hydrogens is 643 g/mol. The minimum Gasteiger partial charge on any atom is -0.491 e. The molecule has 2 atom stereocenters. The summed E-state index contributed by atoms with van der Waals surface area (Å²) in [7, 11) is 0. The van der Waals surface area contributed by atoms with E-state index in [1.807, 2.05) is 53.5 Å². The standard InChI is InChI=1S/C26H26Cl2N4O3S.2HNO3/c1-3-32-24(13-30-25(32)36-2)18-4-7-20(8-5-18)33-14-21-15-34-26(35-21,16-31-11-10-29-17-31)22-9-6-19(27)12-23(22)28;2*2-1(3)4/h4-13,17,21H,3,14-16H2,1-2H3;2*(H,2,3,4)/t21-,26-;;/m1../s1. The zero-order chi connectivity index (χ0) is 32.3. The van der Waals surface area contributed by atoms with Gasteiger partial charge in [0.2, 0.25) is 5.79 Å². The van der Waals surface area contributed by atoms with Crippen LogP contribution in [0, 0.1) is 20.2 Å². The van der Waals surface area contributed by atoms with Crippen LogP contribution in [0.2, 0.25) is 10.0 Å². The Kier molecular flexibility index (Phi) is 12.6. The van der Waals surface area contributed by atoms with E-state index in [2.05, 4.69) is 21.5 Å². The molecule has 5 rings (SSSR count). The smallest absolute Gasteiger partial charge is 0.291 e. The number of hydrogen-bond acceptors (Lipinski definition) is 10. The van der Waals surface area contributed by atoms with Gasteiger partial charge in [0.25, 0.3) is 10.2 Å². The largest absolute Gasteiger partial charge is 0.491 e. The molecule has 15 nitrogen and oxygen atoms in total. The summed E-state index contributed by atoms with van der Waals surface area (Å²) >= 11 is 14.3. The number of aromatic nitrogens is 4. The second kappa shape index (κ2) is 16.1. The Labute approximate surface area is 265 Å². The number of benzene rings is 2. The van der Waals surface area contributed by atoms with E-state index in [1.54, 1.807) is 36.4 Å². The van der Waals surface area contributed by atoms with Gasteiger partial charge < -0.3 is 33.8 Å². The number of halogens is 2. The fourth-order valence-corrected chi connectivity index (χ4v) is 5.50. The van der Waals surface area contributed by atoms with Gasteiger partial charge in [-0.3, -0.25) is 0 Å². The van der Waals surface area contributed by atoms with E-state index < -0.39 is 16.0 Å². The van der Waals surface area contributed by atoms with Gasteiger partial charge in [0.05, 0.1) is 36.4 Å². The molecule has 4 aromatic rings. The summed E-state index contributed by atoms with van der Waals surface area (Å²) in [6.45, 7) is 4.07. The monoisotopic (exact) mass is 670 g/mol. The third-order valence-electron chi connectivity index (χ3n) is 6.05. The lowest BCUT2D eigenvalue weighted by Crippen LogP contribution is -2.34. The predicted octanol–water partition coefficient (Wildman–Crippen LogP) is 5.45. The summed E-state index contributed by atoms with van der Waals surface area (Å²) in [4.78, 5) is 25.4. The molecule has 0 bridgehead atoms. The fourth-order valence-electron chi connectivity index (χ4n) is 4.34. The molecule has 0 amide bonds. The molecule has 18 heteroatoms. The average molecular weight is 672 g/mol. The first-order valence-corrected chi connectivity index (χ1v) is 14.7. The van der Waals surface area contributed by atoms with Crippen LogP contribution in [0.1, 0.15) is 12.5 Å². The average Bonchev–Trinajstić information content (AvgIpc) is 3.72. The minimum absolute atomic E-state index is 0.286. The van der Waals surface area contributed by atoms with Gasteiger partial charge in [-0.15, -0.1) is 20.2 Å². The Bertz CT molecular complexity index is 1500. The third kappa shape index (κ3) is 9.45. The molecule has 0 radical (unpaired) electrons. The van der Waals surface area contributed by atoms with Crippen molar-refractivity contribution in [3.8, 4) is 17.0 Å². The maximum absolute atomic E-state index is 8.36. The van der Waals surface area contributed by atoms with Gasteiger partial charge in [0.1, 0.15) is 18.5 Å². The van der Waals surface area contributed by atoms with Crippen molar-refractivity contribution in [2.75, 3.05) is 19.5 Å². The van der Waals surface area contributed by atoms with Gasteiger partial charge in [-0.05, 0) is 49.6 Å². The first kappa shape index (κ1) is 34.4. The van der Waals surface area contributed by atoms with Gasteiger partial charge in [-0.2, -0.15) is 0 Å². The van der Waals surface area contributed by atoms with Crippen molar-refractivity contribution in [2.24, 2.45) is 0 Å². The number of rotatable bonds is 9. The lowest BCUT2D eigenvalue weighted by molar-refractivity contribution is -0.742. The summed E-state index contributed by atoms with van der Waals surface area (Å²) in [5.74, 6) is -0.319. The van der Waals surface area contributed by atoms with E-state index in [9.17, 15) is 0 Å². The lowest BCUT2D eigenvalue weighted by Gasteiger charge is -2.30. The van der Waals surface area contributed by atoms with Crippen molar-refractivity contribution in [1.82, 2.24) is 19.1 Å². The van der Waals surface area contributed by atoms with Crippen LogP contribution in [0.15, 0.2) is 72.5 Å². The molecule has 0 aliphatic carbocycles. The van der Waals surface area contributed by atoms with E-state index >= 15 is 0 Å². The Hall–Kier alpha value is -4.09. The quantitative estimate of drug-likeness (QED) is 0.130. The number of nitrogens with zero attached hydrogens (tertiary/aromatic N) is 6. The second-order valence-electron chi connectivity index (χ2n) is 8.85. The molecule has 2 N–H and O–H groups in total. The topological polar surface area (TPSA) is 190 Å². The van der Waals surface area contributed by atoms with Gasteiger partial charge in [-0.25, -0.2) is 9.97 Å². The molecule has 2 aromatic carbocycles. The Morgan fingerprint density at radius 2 is 1.84 bits per heavy atom. The molecule has 1 aliphatic heterocycles. The summed E-state index contributed by atoms with van der Waals surface area (Å²) in [6.07, 6.45) is 8.95. The summed E-state index contributed by atoms with van der Waals surface area (Å²) in [5.41, 5.74) is 2.89. The van der Waals surface area contributed by atoms with Crippen molar-refractivity contribution in [1.29, 1.82) is 0 Å². The highest BCUT2D eigenvalue weighted by Gasteiger charge is 2.45. The minimum atomic E-state index is -1.50. The second-order valence-corrected chi connectivity index (χ2v) is 10.5. The van der Waals surface area contributed by atoms with Crippen molar-refractivity contribution in [3.05, 3.63) is 103 Å². The number of thioether (sulfide) groups is 1. The van der Waals surface area contributed by atoms with Crippen LogP contribution in [0.3, 0.4) is 0 Å². The van der Waals surface area contributed by atoms with E-state index in [0.717, 1.165) is 28.7 Å². The van der Waals surface area contributed by atoms with Crippen LogP contribution in [0.5, 0.6) is 5.75 Å². The van der Waals surface area contributed by atoms with Crippen LogP contribution in [0.4, 0.5) is 0 Å². The molecule has 1 saturated heterocycles. The predicted molar refractivity (Wildman–Crippen MR) is 159 cm³/mol. The maximum Gasteiger partial charge on any atom is 0.291 e. The summed E-state index contributed by atoms with van der Waals surface area (Å²) in [6, 6.07) is 13.3. The zero-order valence-electron chi connectivity index (χ0n) is 23.4. The molecule has 3 heterocycles. The molecule has 236 valence electrons. The van der Waals surface area contributed by atoms with E-state index in [0.29, 0.717) is 35.4 Å². The summed E-state index contributed by atoms with van der Waals surface area (Å²) < 4.78 is 22.9. The summed E-state index contributed by atoms with van der Waals surface area (Å²) in [5, 5.41) is 29.3. The van der Waals surface area contributed by atoms with Crippen LogP contribution in [-0.2, 0) is 28.4 Å². The van der Waals surface area contributed by atoms with Crippen LogP contribution in [0.25, 0.3) is 11.3 Å². The first-order valence-electron chi connectivity index (χ1n) is 12.7. The zero-order valence-corrected chi connectivity index (χ0v) is 25.7. The first-order chi connectivity index (χ1) is 21.0. The van der Waals surface area contributed by atoms with Gasteiger partial charge >= 0.3 is 0 Å². The molecule has 0 unspecified atom stereocenters. The van der Waals surface area contributed by atoms with Crippen LogP contribution in [-0.4, -0.2) is 65.3 Å². The Morgan fingerprint density at radius 1 is 1.16 bits per heavy atom. The number of imidazole rings is 2. The van der Waals surface area contributed by atoms with Crippen LogP contribution >= 0.6 is 35.0 Å². The molecule has 0 saturated carbocycles. The Morgan fingerprint density at radius 3 is 2.41 bits per heavy atom. The molecule has 1 aliphatic rings. The Balaban J connectivity index is 0.000000592. The van der Waals surface area contributed by atoms with Crippen molar-refractivity contribution >= 4 is 35.0 Å². The fraction of sp³-hybridized carbons (Fsp3) is 0.308. The van der Waals surface area contributed by atoms with Crippen molar-refractivity contribution in [3.63, 3.8) is 0 Å². The van der Waals surface area contributed by atoms with Gasteiger partial charge in [-0.1, -0.05) is 41.0 Å². The number of hydrogen-bond donors (Lipinski definition) is 2. The lowest BCUT2D eigenvalue weighted by atomic mass is 10.1. The van der Waals surface area contributed by atoms with Crippen molar-refractivity contribution < 1.29 is 34.8 Å². The molecule has 44 heavy (non-hydrogen) atoms. The highest BCUT2D eigenvalue weighted by atomic mass is 35.5. The molecular formula is C26H28Cl2N6O9S. The maximum atomic E-state index is 8.36. The highest BCUT2D eigenvalue weighted by molar-refractivity contribution is 7.98. The van der Waals surface area contributed by atoms with Crippen LogP contribution < -0.4 is 4.74 Å². The van der Waals surface area contributed by atoms with E-state index in [4.69, 9.17) is 68.1 Å². The van der Waals surface area contributed by atoms with Gasteiger partial charge in [0, 0.05) is 35.1 Å². The molecule has 2 aromatic heterocycles. The van der Waals surface area contributed by atoms with Gasteiger partial charge in [0.15, 0.2) is 5.16 Å². The third-order valence-corrected chi connectivity index (χ3v) is 7.29. The normalized spacial score (nSPS) is 17.1. The van der Waals surface area contributed by atoms with Crippen molar-refractivity contribution in [2.45, 2.75) is 37.1 Å². The highest BCUT2D eigenvalue weighted by Crippen LogP contribution is 2.40. The number of ether oxygens (including phenoxy) is 3. The van der Waals surface area contributed by atoms with E-state index in [1.165, 1.54) is 0 Å². The molecule has 0 spiro atoms.